The van der Waals surface area contributed by atoms with Gasteiger partial charge in [-0.1, -0.05) is 23.7 Å². The third kappa shape index (κ3) is 3.91. The largest absolute Gasteiger partial charge is 0.464 e. The number of rotatable bonds is 3. The van der Waals surface area contributed by atoms with E-state index < -0.39 is 0 Å². The third-order valence-corrected chi connectivity index (χ3v) is 4.38. The molecule has 128 valence electrons. The van der Waals surface area contributed by atoms with Gasteiger partial charge in [-0.2, -0.15) is 0 Å². The SMILES string of the molecule is Cc1ccc(C(C)NC(=O)N2CCOC(c3ccc(Cl)cc3)C2)o1. The maximum Gasteiger partial charge on any atom is 0.318 e. The Morgan fingerprint density at radius 3 is 2.71 bits per heavy atom. The van der Waals surface area contributed by atoms with Gasteiger partial charge in [-0.15, -0.1) is 0 Å². The molecular weight excluding hydrogens is 328 g/mol. The number of halogens is 1. The predicted octanol–water partition coefficient (Wildman–Crippen LogP) is 4.09. The van der Waals surface area contributed by atoms with Crippen LogP contribution in [0.5, 0.6) is 0 Å². The minimum Gasteiger partial charge on any atom is -0.464 e. The number of morpholine rings is 1. The first-order chi connectivity index (χ1) is 11.5. The van der Waals surface area contributed by atoms with E-state index in [0.717, 1.165) is 17.1 Å². The van der Waals surface area contributed by atoms with Gasteiger partial charge in [0.2, 0.25) is 0 Å². The molecule has 1 aliphatic rings. The fourth-order valence-electron chi connectivity index (χ4n) is 2.75. The van der Waals surface area contributed by atoms with Crippen LogP contribution in [-0.2, 0) is 4.74 Å². The Morgan fingerprint density at radius 2 is 2.04 bits per heavy atom. The first-order valence-corrected chi connectivity index (χ1v) is 8.39. The highest BCUT2D eigenvalue weighted by Gasteiger charge is 2.26. The number of hydrogen-bond acceptors (Lipinski definition) is 3. The number of carbonyl (C=O) groups is 1. The number of furan rings is 1. The first kappa shape index (κ1) is 16.9. The van der Waals surface area contributed by atoms with E-state index in [4.69, 9.17) is 20.8 Å². The average Bonchev–Trinajstić information content (AvgIpc) is 3.02. The molecule has 2 aromatic rings. The Labute approximate surface area is 146 Å². The smallest absolute Gasteiger partial charge is 0.318 e. The highest BCUT2D eigenvalue weighted by Crippen LogP contribution is 2.24. The van der Waals surface area contributed by atoms with E-state index in [1.807, 2.05) is 50.2 Å². The molecule has 0 radical (unpaired) electrons. The van der Waals surface area contributed by atoms with Crippen LogP contribution in [-0.4, -0.2) is 30.6 Å². The molecule has 1 saturated heterocycles. The van der Waals surface area contributed by atoms with Crippen LogP contribution in [0.4, 0.5) is 4.79 Å². The summed E-state index contributed by atoms with van der Waals surface area (Å²) in [7, 11) is 0. The lowest BCUT2D eigenvalue weighted by atomic mass is 10.1. The lowest BCUT2D eigenvalue weighted by Gasteiger charge is -2.33. The van der Waals surface area contributed by atoms with Gasteiger partial charge in [-0.25, -0.2) is 4.79 Å². The van der Waals surface area contributed by atoms with Crippen molar-refractivity contribution in [3.8, 4) is 0 Å². The van der Waals surface area contributed by atoms with Crippen molar-refractivity contribution in [3.63, 3.8) is 0 Å². The van der Waals surface area contributed by atoms with Crippen molar-refractivity contribution in [2.75, 3.05) is 19.7 Å². The molecule has 0 aliphatic carbocycles. The third-order valence-electron chi connectivity index (χ3n) is 4.12. The van der Waals surface area contributed by atoms with Gasteiger partial charge < -0.3 is 19.4 Å². The first-order valence-electron chi connectivity index (χ1n) is 8.02. The summed E-state index contributed by atoms with van der Waals surface area (Å²) in [4.78, 5) is 14.3. The fraction of sp³-hybridized carbons (Fsp3) is 0.389. The van der Waals surface area contributed by atoms with Gasteiger partial charge in [-0.3, -0.25) is 0 Å². The van der Waals surface area contributed by atoms with E-state index in [1.165, 1.54) is 0 Å². The highest BCUT2D eigenvalue weighted by atomic mass is 35.5. The van der Waals surface area contributed by atoms with E-state index in [0.29, 0.717) is 24.7 Å². The van der Waals surface area contributed by atoms with Crippen molar-refractivity contribution in [3.05, 3.63) is 58.5 Å². The topological polar surface area (TPSA) is 54.7 Å². The molecule has 0 bridgehead atoms. The number of urea groups is 1. The summed E-state index contributed by atoms with van der Waals surface area (Å²) in [6, 6.07) is 11.0. The second-order valence-corrected chi connectivity index (χ2v) is 6.41. The van der Waals surface area contributed by atoms with Gasteiger partial charge in [0.05, 0.1) is 19.2 Å². The number of amides is 2. The zero-order valence-corrected chi connectivity index (χ0v) is 14.5. The molecule has 3 rings (SSSR count). The van der Waals surface area contributed by atoms with Crippen LogP contribution in [0.1, 0.15) is 36.2 Å². The molecule has 0 saturated carbocycles. The summed E-state index contributed by atoms with van der Waals surface area (Å²) < 4.78 is 11.4. The monoisotopic (exact) mass is 348 g/mol. The van der Waals surface area contributed by atoms with E-state index >= 15 is 0 Å². The molecule has 6 heteroatoms. The van der Waals surface area contributed by atoms with Crippen molar-refractivity contribution in [2.45, 2.75) is 26.0 Å². The number of ether oxygens (including phenoxy) is 1. The summed E-state index contributed by atoms with van der Waals surface area (Å²) in [5.41, 5.74) is 1.02. The van der Waals surface area contributed by atoms with Crippen LogP contribution in [0.3, 0.4) is 0 Å². The van der Waals surface area contributed by atoms with Crippen molar-refractivity contribution in [2.24, 2.45) is 0 Å². The Balaban J connectivity index is 1.61. The molecule has 1 N–H and O–H groups in total. The molecule has 2 heterocycles. The normalized spacial score (nSPS) is 19.1. The lowest BCUT2D eigenvalue weighted by molar-refractivity contribution is -0.0158. The lowest BCUT2D eigenvalue weighted by Crippen LogP contribution is -2.47. The summed E-state index contributed by atoms with van der Waals surface area (Å²) in [6.45, 7) is 5.39. The molecule has 1 aromatic heterocycles. The zero-order chi connectivity index (χ0) is 17.1. The second kappa shape index (κ2) is 7.28. The highest BCUT2D eigenvalue weighted by molar-refractivity contribution is 6.30. The molecule has 1 fully saturated rings. The zero-order valence-electron chi connectivity index (χ0n) is 13.8. The van der Waals surface area contributed by atoms with Gasteiger partial charge in [0.15, 0.2) is 0 Å². The Kier molecular flexibility index (Phi) is 5.11. The quantitative estimate of drug-likeness (QED) is 0.909. The molecule has 5 nitrogen and oxygen atoms in total. The van der Waals surface area contributed by atoms with Crippen LogP contribution >= 0.6 is 11.6 Å². The van der Waals surface area contributed by atoms with Gasteiger partial charge >= 0.3 is 6.03 Å². The van der Waals surface area contributed by atoms with Crippen molar-refractivity contribution in [1.29, 1.82) is 0 Å². The van der Waals surface area contributed by atoms with E-state index in [1.54, 1.807) is 4.90 Å². The number of hydrogen-bond donors (Lipinski definition) is 1. The van der Waals surface area contributed by atoms with Gasteiger partial charge in [0.25, 0.3) is 0 Å². The number of benzene rings is 1. The van der Waals surface area contributed by atoms with Crippen molar-refractivity contribution >= 4 is 17.6 Å². The molecule has 2 atom stereocenters. The van der Waals surface area contributed by atoms with Crippen molar-refractivity contribution in [1.82, 2.24) is 10.2 Å². The van der Waals surface area contributed by atoms with Crippen molar-refractivity contribution < 1.29 is 13.9 Å². The van der Waals surface area contributed by atoms with E-state index in [2.05, 4.69) is 5.32 Å². The summed E-state index contributed by atoms with van der Waals surface area (Å²) in [6.07, 6.45) is -0.136. The molecule has 2 unspecified atom stereocenters. The minimum atomic E-state index is -0.178. The predicted molar refractivity (Wildman–Crippen MR) is 92.1 cm³/mol. The second-order valence-electron chi connectivity index (χ2n) is 5.98. The summed E-state index contributed by atoms with van der Waals surface area (Å²) >= 11 is 5.92. The van der Waals surface area contributed by atoms with Crippen LogP contribution < -0.4 is 5.32 Å². The van der Waals surface area contributed by atoms with Crippen LogP contribution in [0.2, 0.25) is 5.02 Å². The van der Waals surface area contributed by atoms with Crippen LogP contribution in [0, 0.1) is 6.92 Å². The number of nitrogens with zero attached hydrogens (tertiary/aromatic N) is 1. The van der Waals surface area contributed by atoms with E-state index in [-0.39, 0.29) is 18.2 Å². The van der Waals surface area contributed by atoms with Gasteiger partial charge in [-0.05, 0) is 43.7 Å². The van der Waals surface area contributed by atoms with Gasteiger partial charge in [0, 0.05) is 11.6 Å². The maximum atomic E-state index is 12.5. The summed E-state index contributed by atoms with van der Waals surface area (Å²) in [5, 5.41) is 3.66. The van der Waals surface area contributed by atoms with Gasteiger partial charge in [0.1, 0.15) is 17.6 Å². The minimum absolute atomic E-state index is 0.112. The Morgan fingerprint density at radius 1 is 1.29 bits per heavy atom. The number of nitrogens with one attached hydrogen (secondary N) is 1. The number of carbonyl (C=O) groups excluding carboxylic acids is 1. The molecule has 2 amide bonds. The molecule has 0 spiro atoms. The molecule has 24 heavy (non-hydrogen) atoms. The Hall–Kier alpha value is -1.98. The molecular formula is C18H21ClN2O3. The summed E-state index contributed by atoms with van der Waals surface area (Å²) in [5.74, 6) is 1.59. The fourth-order valence-corrected chi connectivity index (χ4v) is 2.87. The Bertz CT molecular complexity index is 699. The maximum absolute atomic E-state index is 12.5. The van der Waals surface area contributed by atoms with Crippen LogP contribution in [0.25, 0.3) is 0 Å². The average molecular weight is 349 g/mol. The van der Waals surface area contributed by atoms with Crippen LogP contribution in [0.15, 0.2) is 40.8 Å². The van der Waals surface area contributed by atoms with E-state index in [9.17, 15) is 4.79 Å². The molecule has 1 aliphatic heterocycles. The standard InChI is InChI=1S/C18H21ClN2O3/c1-12-3-8-16(24-12)13(2)20-18(22)21-9-10-23-17(11-21)14-4-6-15(19)7-5-14/h3-8,13,17H,9-11H2,1-2H3,(H,20,22). The molecule has 1 aromatic carbocycles. The number of aryl methyl sites for hydroxylation is 1.